The molecule has 120 valence electrons. The average molecular weight is 416 g/mol. The molecule has 0 aromatic heterocycles. The van der Waals surface area contributed by atoms with Crippen molar-refractivity contribution in [3.05, 3.63) is 67.1 Å². The smallest absolute Gasteiger partial charge is 0.282 e. The highest BCUT2D eigenvalue weighted by Gasteiger charge is 2.20. The van der Waals surface area contributed by atoms with E-state index in [2.05, 4.69) is 21.2 Å². The maximum absolute atomic E-state index is 12.3. The number of rotatable bonds is 5. The Morgan fingerprint density at radius 2 is 2.09 bits per heavy atom. The van der Waals surface area contributed by atoms with Gasteiger partial charge < -0.3 is 5.32 Å². The summed E-state index contributed by atoms with van der Waals surface area (Å²) in [6.45, 7) is 0.186. The topological polar surface area (TPSA) is 72.2 Å². The second-order valence-corrected chi connectivity index (χ2v) is 6.76. The SMILES string of the molecule is CSc1ccc([N+](=O)[O-])c(C(=O)NCc2ccc(Br)cc2Cl)c1. The van der Waals surface area contributed by atoms with Gasteiger partial charge in [0.2, 0.25) is 0 Å². The Bertz CT molecular complexity index is 770. The van der Waals surface area contributed by atoms with Crippen LogP contribution in [0, 0.1) is 10.1 Å². The second-order valence-electron chi connectivity index (χ2n) is 4.56. The van der Waals surface area contributed by atoms with E-state index >= 15 is 0 Å². The quantitative estimate of drug-likeness (QED) is 0.438. The third-order valence-corrected chi connectivity index (χ3v) is 4.67. The highest BCUT2D eigenvalue weighted by atomic mass is 79.9. The first-order valence-electron chi connectivity index (χ1n) is 6.47. The highest BCUT2D eigenvalue weighted by Crippen LogP contribution is 2.25. The molecular weight excluding hydrogens is 404 g/mol. The molecule has 1 amide bonds. The third-order valence-electron chi connectivity index (χ3n) is 3.10. The summed E-state index contributed by atoms with van der Waals surface area (Å²) in [6.07, 6.45) is 1.84. The van der Waals surface area contributed by atoms with Gasteiger partial charge in [-0.25, -0.2) is 0 Å². The van der Waals surface area contributed by atoms with Crippen LogP contribution in [0.25, 0.3) is 0 Å². The standard InChI is InChI=1S/C15H12BrClN2O3S/c1-23-11-4-5-14(19(21)22)12(7-11)15(20)18-8-9-2-3-10(16)6-13(9)17/h2-7H,8H2,1H3,(H,18,20). The molecule has 0 aliphatic heterocycles. The van der Waals surface area contributed by atoms with E-state index in [1.54, 1.807) is 18.2 Å². The van der Waals surface area contributed by atoms with Gasteiger partial charge in [0.15, 0.2) is 0 Å². The van der Waals surface area contributed by atoms with E-state index in [0.717, 1.165) is 14.9 Å². The Kier molecular flexibility index (Phi) is 6.04. The third kappa shape index (κ3) is 4.46. The number of nitro benzene ring substituents is 1. The summed E-state index contributed by atoms with van der Waals surface area (Å²) in [7, 11) is 0. The molecule has 0 spiro atoms. The molecule has 0 saturated heterocycles. The molecule has 0 fully saturated rings. The van der Waals surface area contributed by atoms with Crippen molar-refractivity contribution in [2.75, 3.05) is 6.26 Å². The van der Waals surface area contributed by atoms with Crippen molar-refractivity contribution >= 4 is 50.9 Å². The van der Waals surface area contributed by atoms with E-state index in [1.165, 1.54) is 23.9 Å². The molecular formula is C15H12BrClN2O3S. The van der Waals surface area contributed by atoms with Gasteiger partial charge in [0, 0.05) is 27.0 Å². The van der Waals surface area contributed by atoms with Gasteiger partial charge in [-0.15, -0.1) is 11.8 Å². The molecule has 8 heteroatoms. The Hall–Kier alpha value is -1.57. The predicted octanol–water partition coefficient (Wildman–Crippen LogP) is 4.66. The zero-order valence-corrected chi connectivity index (χ0v) is 15.2. The fourth-order valence-corrected chi connectivity index (χ4v) is 3.10. The summed E-state index contributed by atoms with van der Waals surface area (Å²) in [5, 5.41) is 14.3. The van der Waals surface area contributed by atoms with Crippen molar-refractivity contribution in [2.24, 2.45) is 0 Å². The van der Waals surface area contributed by atoms with Gasteiger partial charge >= 0.3 is 0 Å². The minimum Gasteiger partial charge on any atom is -0.348 e. The molecule has 0 unspecified atom stereocenters. The van der Waals surface area contributed by atoms with E-state index in [1.807, 2.05) is 12.3 Å². The zero-order chi connectivity index (χ0) is 17.0. The summed E-state index contributed by atoms with van der Waals surface area (Å²) in [5.74, 6) is -0.508. The number of thioether (sulfide) groups is 1. The van der Waals surface area contributed by atoms with E-state index in [0.29, 0.717) is 5.02 Å². The van der Waals surface area contributed by atoms with E-state index in [9.17, 15) is 14.9 Å². The highest BCUT2D eigenvalue weighted by molar-refractivity contribution is 9.10. The minimum absolute atomic E-state index is 0.0371. The molecule has 0 atom stereocenters. The number of benzene rings is 2. The number of nitro groups is 1. The second kappa shape index (κ2) is 7.81. The zero-order valence-electron chi connectivity index (χ0n) is 12.0. The molecule has 0 aliphatic rings. The molecule has 0 bridgehead atoms. The maximum atomic E-state index is 12.3. The van der Waals surface area contributed by atoms with Crippen LogP contribution in [0.4, 0.5) is 5.69 Å². The lowest BCUT2D eigenvalue weighted by atomic mass is 10.1. The van der Waals surface area contributed by atoms with Gasteiger partial charge in [0.05, 0.1) is 4.92 Å². The van der Waals surface area contributed by atoms with Gasteiger partial charge in [-0.2, -0.15) is 0 Å². The summed E-state index contributed by atoms with van der Waals surface area (Å²) in [5.41, 5.74) is 0.546. The van der Waals surface area contributed by atoms with Crippen molar-refractivity contribution < 1.29 is 9.72 Å². The lowest BCUT2D eigenvalue weighted by Gasteiger charge is -2.09. The van der Waals surface area contributed by atoms with Gasteiger partial charge in [-0.05, 0) is 36.1 Å². The van der Waals surface area contributed by atoms with E-state index in [-0.39, 0.29) is 17.8 Å². The molecule has 2 aromatic carbocycles. The van der Waals surface area contributed by atoms with Gasteiger partial charge in [0.25, 0.3) is 11.6 Å². The Morgan fingerprint density at radius 3 is 2.70 bits per heavy atom. The molecule has 23 heavy (non-hydrogen) atoms. The van der Waals surface area contributed by atoms with Crippen LogP contribution in [-0.4, -0.2) is 17.1 Å². The van der Waals surface area contributed by atoms with E-state index < -0.39 is 10.8 Å². The van der Waals surface area contributed by atoms with Crippen molar-refractivity contribution in [1.82, 2.24) is 5.32 Å². The van der Waals surface area contributed by atoms with Gasteiger partial charge in [0.1, 0.15) is 5.56 Å². The molecule has 5 nitrogen and oxygen atoms in total. The first-order chi connectivity index (χ1) is 10.9. The van der Waals surface area contributed by atoms with Crippen molar-refractivity contribution in [3.63, 3.8) is 0 Å². The van der Waals surface area contributed by atoms with Gasteiger partial charge in [-0.1, -0.05) is 33.6 Å². The number of halogens is 2. The number of carbonyl (C=O) groups is 1. The molecule has 2 rings (SSSR count). The Balaban J connectivity index is 2.21. The van der Waals surface area contributed by atoms with E-state index in [4.69, 9.17) is 11.6 Å². The van der Waals surface area contributed by atoms with Crippen LogP contribution in [-0.2, 0) is 6.54 Å². The number of nitrogens with zero attached hydrogens (tertiary/aromatic N) is 1. The van der Waals surface area contributed by atoms with Crippen molar-refractivity contribution in [2.45, 2.75) is 11.4 Å². The molecule has 0 saturated carbocycles. The van der Waals surface area contributed by atoms with Crippen molar-refractivity contribution in [3.8, 4) is 0 Å². The molecule has 0 heterocycles. The van der Waals surface area contributed by atoms with Crippen LogP contribution in [0.1, 0.15) is 15.9 Å². The van der Waals surface area contributed by atoms with Crippen LogP contribution in [0.2, 0.25) is 5.02 Å². The summed E-state index contributed by atoms with van der Waals surface area (Å²) < 4.78 is 0.834. The predicted molar refractivity (Wildman–Crippen MR) is 95.2 cm³/mol. The van der Waals surface area contributed by atoms with Crippen LogP contribution < -0.4 is 5.32 Å². The number of hydrogen-bond donors (Lipinski definition) is 1. The summed E-state index contributed by atoms with van der Waals surface area (Å²) >= 11 is 10.8. The lowest BCUT2D eigenvalue weighted by Crippen LogP contribution is -2.24. The molecule has 0 aliphatic carbocycles. The van der Waals surface area contributed by atoms with Gasteiger partial charge in [-0.3, -0.25) is 14.9 Å². The van der Waals surface area contributed by atoms with Crippen LogP contribution in [0.5, 0.6) is 0 Å². The number of nitrogens with one attached hydrogen (secondary N) is 1. The first-order valence-corrected chi connectivity index (χ1v) is 8.86. The number of hydrogen-bond acceptors (Lipinski definition) is 4. The first kappa shape index (κ1) is 17.8. The monoisotopic (exact) mass is 414 g/mol. The average Bonchev–Trinajstić information content (AvgIpc) is 2.53. The fraction of sp³-hybridized carbons (Fsp3) is 0.133. The summed E-state index contributed by atoms with van der Waals surface area (Å²) in [4.78, 5) is 23.6. The van der Waals surface area contributed by atoms with Crippen molar-refractivity contribution in [1.29, 1.82) is 0 Å². The number of amides is 1. The normalized spacial score (nSPS) is 10.4. The largest absolute Gasteiger partial charge is 0.348 e. The lowest BCUT2D eigenvalue weighted by molar-refractivity contribution is -0.385. The Morgan fingerprint density at radius 1 is 1.35 bits per heavy atom. The minimum atomic E-state index is -0.564. The number of carbonyl (C=O) groups excluding carboxylic acids is 1. The maximum Gasteiger partial charge on any atom is 0.282 e. The van der Waals surface area contributed by atoms with Crippen LogP contribution in [0.3, 0.4) is 0 Å². The van der Waals surface area contributed by atoms with Crippen LogP contribution in [0.15, 0.2) is 45.8 Å². The van der Waals surface area contributed by atoms with Crippen LogP contribution >= 0.6 is 39.3 Å². The summed E-state index contributed by atoms with van der Waals surface area (Å²) in [6, 6.07) is 9.78. The Labute approximate surface area is 150 Å². The fourth-order valence-electron chi connectivity index (χ4n) is 1.92. The molecule has 0 radical (unpaired) electrons. The molecule has 1 N–H and O–H groups in total. The molecule has 2 aromatic rings.